The number of fused-ring (bicyclic) bond motifs is 4. The van der Waals surface area contributed by atoms with Crippen LogP contribution in [0.2, 0.25) is 0 Å². The van der Waals surface area contributed by atoms with Gasteiger partial charge in [0.15, 0.2) is 0 Å². The van der Waals surface area contributed by atoms with E-state index in [2.05, 4.69) is 52.0 Å². The molecule has 0 aromatic rings. The van der Waals surface area contributed by atoms with Crippen molar-refractivity contribution in [3.05, 3.63) is 24.3 Å². The Morgan fingerprint density at radius 1 is 0.650 bits per heavy atom. The third-order valence-electron chi connectivity index (χ3n) is 7.07. The molecule has 0 heteroatoms. The Morgan fingerprint density at radius 3 is 1.30 bits per heavy atom. The quantitative estimate of drug-likeness (QED) is 0.565. The van der Waals surface area contributed by atoms with Crippen molar-refractivity contribution in [2.75, 3.05) is 0 Å². The smallest absolute Gasteiger partial charge is 0.0197 e. The van der Waals surface area contributed by atoms with Crippen LogP contribution >= 0.6 is 0 Å². The molecule has 20 heavy (non-hydrogen) atoms. The van der Waals surface area contributed by atoms with Gasteiger partial charge in [0.05, 0.1) is 0 Å². The van der Waals surface area contributed by atoms with Gasteiger partial charge in [0.2, 0.25) is 0 Å². The third kappa shape index (κ3) is 2.30. The van der Waals surface area contributed by atoms with Crippen molar-refractivity contribution in [1.82, 2.24) is 0 Å². The molecule has 0 N–H and O–H groups in total. The molecule has 4 aliphatic carbocycles. The number of allylic oxidation sites excluding steroid dienone is 4. The van der Waals surface area contributed by atoms with Crippen molar-refractivity contribution < 1.29 is 0 Å². The largest absolute Gasteiger partial charge is 0.0848 e. The molecule has 4 bridgehead atoms. The first-order valence-electron chi connectivity index (χ1n) is 9.02. The van der Waals surface area contributed by atoms with Crippen LogP contribution in [-0.2, 0) is 0 Å². The second-order valence-electron chi connectivity index (χ2n) is 7.76. The molecule has 0 saturated heterocycles. The van der Waals surface area contributed by atoms with Crippen LogP contribution < -0.4 is 0 Å². The molecule has 4 aliphatic rings. The maximum atomic E-state index is 2.46. The van der Waals surface area contributed by atoms with E-state index in [9.17, 15) is 0 Å². The van der Waals surface area contributed by atoms with Crippen molar-refractivity contribution in [2.24, 2.45) is 47.3 Å². The number of hydrogen-bond donors (Lipinski definition) is 0. The molecule has 112 valence electrons. The number of rotatable bonds is 2. The Kier molecular flexibility index (Phi) is 4.11. The standard InChI is InChI=1S/C11H18.C9H14/c1-3-10-8-5-6-9(7-8)11(10)4-2;1-6-7(2)9-4-3-8(6)5-9/h5-6,8-11H,3-4,7H2,1-2H3;3-4,6-9H,5H2,1-2H3. The highest BCUT2D eigenvalue weighted by Crippen LogP contribution is 2.50. The van der Waals surface area contributed by atoms with Crippen molar-refractivity contribution in [2.45, 2.75) is 53.4 Å². The summed E-state index contributed by atoms with van der Waals surface area (Å²) in [6.45, 7) is 9.47. The molecule has 0 nitrogen and oxygen atoms in total. The van der Waals surface area contributed by atoms with Crippen LogP contribution in [0.5, 0.6) is 0 Å². The van der Waals surface area contributed by atoms with E-state index in [1.165, 1.54) is 25.7 Å². The van der Waals surface area contributed by atoms with Crippen molar-refractivity contribution >= 4 is 0 Å². The second-order valence-corrected chi connectivity index (χ2v) is 7.76. The second kappa shape index (κ2) is 5.70. The summed E-state index contributed by atoms with van der Waals surface area (Å²) in [7, 11) is 0. The zero-order valence-corrected chi connectivity index (χ0v) is 13.8. The van der Waals surface area contributed by atoms with Crippen LogP contribution in [0, 0.1) is 47.3 Å². The highest BCUT2D eigenvalue weighted by molar-refractivity contribution is 5.13. The Bertz CT molecular complexity index is 357. The molecule has 0 amide bonds. The molecule has 8 atom stereocenters. The summed E-state index contributed by atoms with van der Waals surface area (Å²) < 4.78 is 0. The van der Waals surface area contributed by atoms with E-state index in [4.69, 9.17) is 0 Å². The van der Waals surface area contributed by atoms with E-state index in [0.29, 0.717) is 0 Å². The van der Waals surface area contributed by atoms with E-state index >= 15 is 0 Å². The van der Waals surface area contributed by atoms with E-state index in [0.717, 1.165) is 47.3 Å². The van der Waals surface area contributed by atoms with Gasteiger partial charge in [-0.3, -0.25) is 0 Å². The summed E-state index contributed by atoms with van der Waals surface area (Å²) in [5.41, 5.74) is 0. The summed E-state index contributed by atoms with van der Waals surface area (Å²) in [6.07, 6.45) is 15.5. The first kappa shape index (κ1) is 14.4. The maximum Gasteiger partial charge on any atom is -0.0197 e. The van der Waals surface area contributed by atoms with Gasteiger partial charge in [0.25, 0.3) is 0 Å². The normalized spacial score (nSPS) is 50.6. The fraction of sp³-hybridized carbons (Fsp3) is 0.800. The molecule has 0 aromatic carbocycles. The minimum atomic E-state index is 0.935. The van der Waals surface area contributed by atoms with Crippen LogP contribution in [0.3, 0.4) is 0 Å². The Balaban J connectivity index is 0.000000123. The Hall–Kier alpha value is -0.520. The molecular formula is C20H32. The van der Waals surface area contributed by atoms with Crippen molar-refractivity contribution in [3.63, 3.8) is 0 Å². The monoisotopic (exact) mass is 272 g/mol. The number of hydrogen-bond acceptors (Lipinski definition) is 0. The lowest BCUT2D eigenvalue weighted by atomic mass is 9.80. The summed E-state index contributed by atoms with van der Waals surface area (Å²) in [5.74, 6) is 7.74. The van der Waals surface area contributed by atoms with Crippen molar-refractivity contribution in [3.8, 4) is 0 Å². The molecule has 8 unspecified atom stereocenters. The van der Waals surface area contributed by atoms with E-state index in [1.807, 2.05) is 0 Å². The molecule has 0 aliphatic heterocycles. The minimum absolute atomic E-state index is 0.935. The van der Waals surface area contributed by atoms with E-state index in [-0.39, 0.29) is 0 Å². The average Bonchev–Trinajstić information content (AvgIpc) is 3.21. The SMILES string of the molecule is CC1C2C=CC(C2)C1C.CCC1C2C=CC(C2)C1CC. The van der Waals surface area contributed by atoms with Crippen LogP contribution in [0.1, 0.15) is 53.4 Å². The molecule has 2 fully saturated rings. The fourth-order valence-corrected chi connectivity index (χ4v) is 5.55. The van der Waals surface area contributed by atoms with Crippen LogP contribution in [-0.4, -0.2) is 0 Å². The molecule has 2 saturated carbocycles. The van der Waals surface area contributed by atoms with Gasteiger partial charge in [-0.2, -0.15) is 0 Å². The molecule has 0 aromatic heterocycles. The zero-order valence-electron chi connectivity index (χ0n) is 13.8. The van der Waals surface area contributed by atoms with E-state index < -0.39 is 0 Å². The summed E-state index contributed by atoms with van der Waals surface area (Å²) >= 11 is 0. The van der Waals surface area contributed by atoms with Gasteiger partial charge < -0.3 is 0 Å². The Morgan fingerprint density at radius 2 is 1.00 bits per heavy atom. The van der Waals surface area contributed by atoms with Gasteiger partial charge in [-0.05, 0) is 60.2 Å². The average molecular weight is 272 g/mol. The van der Waals surface area contributed by atoms with Gasteiger partial charge in [-0.15, -0.1) is 0 Å². The van der Waals surface area contributed by atoms with Gasteiger partial charge in [0, 0.05) is 0 Å². The highest BCUT2D eigenvalue weighted by atomic mass is 14.5. The lowest BCUT2D eigenvalue weighted by Crippen LogP contribution is -2.17. The zero-order chi connectivity index (χ0) is 14.3. The van der Waals surface area contributed by atoms with Gasteiger partial charge in [-0.1, -0.05) is 64.8 Å². The molecule has 4 rings (SSSR count). The summed E-state index contributed by atoms with van der Waals surface area (Å²) in [4.78, 5) is 0. The van der Waals surface area contributed by atoms with Crippen LogP contribution in [0.15, 0.2) is 24.3 Å². The molecule has 0 heterocycles. The first-order valence-corrected chi connectivity index (χ1v) is 9.02. The van der Waals surface area contributed by atoms with Crippen LogP contribution in [0.25, 0.3) is 0 Å². The summed E-state index contributed by atoms with van der Waals surface area (Å²) in [6, 6.07) is 0. The molecule has 0 radical (unpaired) electrons. The van der Waals surface area contributed by atoms with Gasteiger partial charge in [-0.25, -0.2) is 0 Å². The van der Waals surface area contributed by atoms with Crippen molar-refractivity contribution in [1.29, 1.82) is 0 Å². The van der Waals surface area contributed by atoms with Gasteiger partial charge in [0.1, 0.15) is 0 Å². The Labute approximate surface area is 125 Å². The minimum Gasteiger partial charge on any atom is -0.0848 e. The maximum absolute atomic E-state index is 2.46. The van der Waals surface area contributed by atoms with Gasteiger partial charge >= 0.3 is 0 Å². The predicted octanol–water partition coefficient (Wildman–Crippen LogP) is 5.71. The fourth-order valence-electron chi connectivity index (χ4n) is 5.55. The lowest BCUT2D eigenvalue weighted by Gasteiger charge is -2.25. The predicted molar refractivity (Wildman–Crippen MR) is 87.4 cm³/mol. The lowest BCUT2D eigenvalue weighted by molar-refractivity contribution is 0.292. The van der Waals surface area contributed by atoms with Crippen LogP contribution in [0.4, 0.5) is 0 Å². The molecular weight excluding hydrogens is 240 g/mol. The molecule has 0 spiro atoms. The topological polar surface area (TPSA) is 0 Å². The first-order chi connectivity index (χ1) is 9.65. The summed E-state index contributed by atoms with van der Waals surface area (Å²) in [5, 5.41) is 0. The highest BCUT2D eigenvalue weighted by Gasteiger charge is 2.42. The van der Waals surface area contributed by atoms with E-state index in [1.54, 1.807) is 0 Å². The third-order valence-corrected chi connectivity index (χ3v) is 7.07.